The van der Waals surface area contributed by atoms with Crippen molar-refractivity contribution in [3.8, 4) is 44.8 Å². The molecule has 15 rings (SSSR count). The molecule has 3 heterocycles. The van der Waals surface area contributed by atoms with E-state index in [1.165, 1.54) is 116 Å². The quantitative estimate of drug-likeness (QED) is 0.173. The number of para-hydroxylation sites is 5. The standard InChI is InChI=1S/C63H41N3/c1-64-57-29-13-5-25-49(57)50-37-51-44-20-4-12-28-55(44)63(53-26-10-2-18-42(53)43-19-3-11-27-54(43)63)56(51)38-52(50)62(64)39-34-40(65-58-30-14-6-21-45(58)46-22-7-15-31-59(46)65)36-41(35-39)66-60-32-16-8-23-47(60)48-24-9-17-33-61(48)66/h2-38,62H,1H3. The second-order valence-electron chi connectivity index (χ2n) is 18.4. The molecule has 1 atom stereocenters. The molecule has 2 aliphatic carbocycles. The third-order valence-electron chi connectivity index (χ3n) is 15.3. The average Bonchev–Trinajstić information content (AvgIpc) is 4.08. The first kappa shape index (κ1) is 36.0. The maximum Gasteiger partial charge on any atom is 0.0800 e. The van der Waals surface area contributed by atoms with Gasteiger partial charge < -0.3 is 14.0 Å². The molecule has 0 amide bonds. The normalized spacial score (nSPS) is 15.0. The number of nitrogens with zero attached hydrogens (tertiary/aromatic N) is 3. The maximum absolute atomic E-state index is 2.62. The smallest absolute Gasteiger partial charge is 0.0800 e. The summed E-state index contributed by atoms with van der Waals surface area (Å²) in [5, 5.41) is 5.01. The summed E-state index contributed by atoms with van der Waals surface area (Å²) >= 11 is 0. The van der Waals surface area contributed by atoms with E-state index in [0.29, 0.717) is 0 Å². The van der Waals surface area contributed by atoms with Gasteiger partial charge in [-0.25, -0.2) is 0 Å². The Kier molecular flexibility index (Phi) is 7.14. The summed E-state index contributed by atoms with van der Waals surface area (Å²) in [6.07, 6.45) is 0. The molecule has 66 heavy (non-hydrogen) atoms. The number of benzene rings is 10. The van der Waals surface area contributed by atoms with Crippen molar-refractivity contribution < 1.29 is 0 Å². The predicted molar refractivity (Wildman–Crippen MR) is 274 cm³/mol. The van der Waals surface area contributed by atoms with E-state index in [4.69, 9.17) is 0 Å². The Bertz CT molecular complexity index is 3760. The summed E-state index contributed by atoms with van der Waals surface area (Å²) in [7, 11) is 2.30. The van der Waals surface area contributed by atoms with Crippen LogP contribution in [0, 0.1) is 0 Å². The fourth-order valence-corrected chi connectivity index (χ4v) is 12.8. The molecule has 0 radical (unpaired) electrons. The van der Waals surface area contributed by atoms with Crippen molar-refractivity contribution in [2.75, 3.05) is 11.9 Å². The van der Waals surface area contributed by atoms with Gasteiger partial charge in [0.2, 0.25) is 0 Å². The lowest BCUT2D eigenvalue weighted by Gasteiger charge is -2.40. The van der Waals surface area contributed by atoms with E-state index in [9.17, 15) is 0 Å². The molecule has 1 unspecified atom stereocenters. The van der Waals surface area contributed by atoms with Crippen LogP contribution in [-0.4, -0.2) is 16.2 Å². The van der Waals surface area contributed by atoms with Crippen molar-refractivity contribution in [2.24, 2.45) is 0 Å². The van der Waals surface area contributed by atoms with Crippen LogP contribution in [0.1, 0.15) is 39.4 Å². The van der Waals surface area contributed by atoms with Crippen molar-refractivity contribution in [1.82, 2.24) is 9.13 Å². The fourth-order valence-electron chi connectivity index (χ4n) is 12.8. The Balaban J connectivity index is 1.06. The summed E-state index contributed by atoms with van der Waals surface area (Å²) < 4.78 is 4.98. The van der Waals surface area contributed by atoms with Crippen LogP contribution >= 0.6 is 0 Å². The Morgan fingerprint density at radius 1 is 0.333 bits per heavy atom. The minimum Gasteiger partial charge on any atom is -0.363 e. The molecule has 0 saturated carbocycles. The summed E-state index contributed by atoms with van der Waals surface area (Å²) in [6, 6.07) is 84.4. The molecule has 3 nitrogen and oxygen atoms in total. The van der Waals surface area contributed by atoms with E-state index in [-0.39, 0.29) is 6.04 Å². The molecule has 0 fully saturated rings. The Hall–Kier alpha value is -8.40. The van der Waals surface area contributed by atoms with E-state index in [1.807, 2.05) is 0 Å². The summed E-state index contributed by atoms with van der Waals surface area (Å²) in [6.45, 7) is 0. The van der Waals surface area contributed by atoms with Crippen LogP contribution in [-0.2, 0) is 5.41 Å². The topological polar surface area (TPSA) is 13.1 Å². The molecule has 1 spiro atoms. The lowest BCUT2D eigenvalue weighted by molar-refractivity contribution is 0.757. The molecule has 0 saturated heterocycles. The van der Waals surface area contributed by atoms with Crippen LogP contribution < -0.4 is 4.90 Å². The van der Waals surface area contributed by atoms with Crippen molar-refractivity contribution in [3.63, 3.8) is 0 Å². The molecular weight excluding hydrogens is 799 g/mol. The molecular formula is C63H41N3. The maximum atomic E-state index is 2.62. The lowest BCUT2D eigenvalue weighted by atomic mass is 9.69. The highest BCUT2D eigenvalue weighted by molar-refractivity contribution is 6.11. The fraction of sp³-hybridized carbons (Fsp3) is 0.0476. The Labute approximate surface area is 382 Å². The van der Waals surface area contributed by atoms with Crippen LogP contribution in [0.2, 0.25) is 0 Å². The molecule has 3 heteroatoms. The Morgan fingerprint density at radius 2 is 0.727 bits per heavy atom. The first-order valence-electron chi connectivity index (χ1n) is 23.1. The van der Waals surface area contributed by atoms with Crippen LogP contribution in [0.5, 0.6) is 0 Å². The summed E-state index contributed by atoms with van der Waals surface area (Å²) in [5.41, 5.74) is 23.7. The third kappa shape index (κ3) is 4.52. The van der Waals surface area contributed by atoms with E-state index < -0.39 is 5.41 Å². The molecule has 10 aromatic carbocycles. The number of fused-ring (bicyclic) bond motifs is 19. The highest BCUT2D eigenvalue weighted by Gasteiger charge is 2.52. The molecule has 308 valence electrons. The van der Waals surface area contributed by atoms with Crippen molar-refractivity contribution in [1.29, 1.82) is 0 Å². The third-order valence-corrected chi connectivity index (χ3v) is 15.3. The second-order valence-corrected chi connectivity index (χ2v) is 18.4. The van der Waals surface area contributed by atoms with Crippen LogP contribution in [0.3, 0.4) is 0 Å². The van der Waals surface area contributed by atoms with Gasteiger partial charge >= 0.3 is 0 Å². The van der Waals surface area contributed by atoms with Gasteiger partial charge in [0.15, 0.2) is 0 Å². The molecule has 12 aromatic rings. The average molecular weight is 840 g/mol. The molecule has 0 bridgehead atoms. The summed E-state index contributed by atoms with van der Waals surface area (Å²) in [4.78, 5) is 2.54. The van der Waals surface area contributed by atoms with Crippen molar-refractivity contribution in [2.45, 2.75) is 11.5 Å². The predicted octanol–water partition coefficient (Wildman–Crippen LogP) is 15.4. The highest BCUT2D eigenvalue weighted by Crippen LogP contribution is 2.64. The monoisotopic (exact) mass is 839 g/mol. The number of hydrogen-bond acceptors (Lipinski definition) is 1. The zero-order valence-electron chi connectivity index (χ0n) is 36.3. The molecule has 1 aliphatic heterocycles. The Morgan fingerprint density at radius 3 is 1.21 bits per heavy atom. The van der Waals surface area contributed by atoms with Gasteiger partial charge in [0.25, 0.3) is 0 Å². The lowest BCUT2D eigenvalue weighted by Crippen LogP contribution is -2.31. The van der Waals surface area contributed by atoms with Gasteiger partial charge in [0.1, 0.15) is 0 Å². The summed E-state index contributed by atoms with van der Waals surface area (Å²) in [5.74, 6) is 0. The van der Waals surface area contributed by atoms with E-state index in [2.05, 4.69) is 246 Å². The SMILES string of the molecule is CN1c2ccccc2-c2cc3c(cc2C1c1cc(-n2c4ccccc4c4ccccc42)cc(-n2c4ccccc4c4ccccc42)c1)C1(c2ccccc2-c2ccccc21)c1ccccc1-3. The van der Waals surface area contributed by atoms with Crippen LogP contribution in [0.15, 0.2) is 224 Å². The molecule has 3 aliphatic rings. The van der Waals surface area contributed by atoms with Crippen LogP contribution in [0.4, 0.5) is 5.69 Å². The van der Waals surface area contributed by atoms with E-state index >= 15 is 0 Å². The molecule has 2 aromatic heterocycles. The van der Waals surface area contributed by atoms with Gasteiger partial charge in [-0.2, -0.15) is 0 Å². The second kappa shape index (κ2) is 13.1. The number of aromatic nitrogens is 2. The van der Waals surface area contributed by atoms with E-state index in [0.717, 1.165) is 11.4 Å². The van der Waals surface area contributed by atoms with Gasteiger partial charge in [0, 0.05) is 51.2 Å². The number of rotatable bonds is 3. The zero-order chi connectivity index (χ0) is 43.3. The van der Waals surface area contributed by atoms with Crippen molar-refractivity contribution in [3.05, 3.63) is 258 Å². The highest BCUT2D eigenvalue weighted by atomic mass is 15.1. The first-order chi connectivity index (χ1) is 32.7. The van der Waals surface area contributed by atoms with Crippen molar-refractivity contribution >= 4 is 49.3 Å². The van der Waals surface area contributed by atoms with Gasteiger partial charge in [0.05, 0.1) is 33.5 Å². The minimum atomic E-state index is -0.451. The minimum absolute atomic E-state index is 0.118. The number of hydrogen-bond donors (Lipinski definition) is 0. The molecule has 0 N–H and O–H groups in total. The number of anilines is 1. The van der Waals surface area contributed by atoms with Gasteiger partial charge in [-0.15, -0.1) is 0 Å². The largest absolute Gasteiger partial charge is 0.363 e. The van der Waals surface area contributed by atoms with Crippen LogP contribution in [0.25, 0.3) is 88.4 Å². The van der Waals surface area contributed by atoms with E-state index in [1.54, 1.807) is 0 Å². The van der Waals surface area contributed by atoms with Gasteiger partial charge in [-0.3, -0.25) is 0 Å². The first-order valence-corrected chi connectivity index (χ1v) is 23.1. The van der Waals surface area contributed by atoms with Gasteiger partial charge in [-0.05, 0) is 116 Å². The zero-order valence-corrected chi connectivity index (χ0v) is 36.3. The van der Waals surface area contributed by atoms with Gasteiger partial charge in [-0.1, -0.05) is 170 Å².